The number of rotatable bonds is 5. The minimum atomic E-state index is 0.982. The van der Waals surface area contributed by atoms with Gasteiger partial charge >= 0.3 is 0 Å². The monoisotopic (exact) mass is 224 g/mol. The van der Waals surface area contributed by atoms with E-state index in [2.05, 4.69) is 10.2 Å². The SMILES string of the molecule is C1CCN(CCCCC2CCCNC2)CC1. The summed E-state index contributed by atoms with van der Waals surface area (Å²) in [4.78, 5) is 2.67. The van der Waals surface area contributed by atoms with E-state index in [-0.39, 0.29) is 0 Å². The standard InChI is InChI=1S/C14H28N2/c1-3-10-16(11-4-1)12-5-2-7-14-8-6-9-15-13-14/h14-15H,1-13H2. The highest BCUT2D eigenvalue weighted by Gasteiger charge is 2.13. The molecule has 2 heteroatoms. The topological polar surface area (TPSA) is 15.3 Å². The highest BCUT2D eigenvalue weighted by molar-refractivity contribution is 4.70. The second kappa shape index (κ2) is 7.29. The van der Waals surface area contributed by atoms with Gasteiger partial charge in [-0.2, -0.15) is 0 Å². The molecule has 2 heterocycles. The number of hydrogen-bond donors (Lipinski definition) is 1. The van der Waals surface area contributed by atoms with Crippen molar-refractivity contribution in [2.24, 2.45) is 5.92 Å². The Morgan fingerprint density at radius 2 is 1.88 bits per heavy atom. The molecule has 0 radical (unpaired) electrons. The third-order valence-electron chi connectivity index (χ3n) is 4.18. The molecule has 94 valence electrons. The number of nitrogens with zero attached hydrogens (tertiary/aromatic N) is 1. The molecule has 0 aromatic carbocycles. The van der Waals surface area contributed by atoms with E-state index in [4.69, 9.17) is 0 Å². The summed E-state index contributed by atoms with van der Waals surface area (Å²) in [5.41, 5.74) is 0. The number of likely N-dealkylation sites (tertiary alicyclic amines) is 1. The lowest BCUT2D eigenvalue weighted by Gasteiger charge is -2.27. The van der Waals surface area contributed by atoms with E-state index in [0.29, 0.717) is 0 Å². The molecule has 2 nitrogen and oxygen atoms in total. The molecule has 0 saturated carbocycles. The van der Waals surface area contributed by atoms with Gasteiger partial charge in [0.15, 0.2) is 0 Å². The van der Waals surface area contributed by atoms with Crippen LogP contribution >= 0.6 is 0 Å². The van der Waals surface area contributed by atoms with Gasteiger partial charge in [0, 0.05) is 0 Å². The molecule has 16 heavy (non-hydrogen) atoms. The van der Waals surface area contributed by atoms with Crippen molar-refractivity contribution in [2.75, 3.05) is 32.7 Å². The summed E-state index contributed by atoms with van der Waals surface area (Å²) >= 11 is 0. The zero-order valence-corrected chi connectivity index (χ0v) is 10.7. The lowest BCUT2D eigenvalue weighted by atomic mass is 9.94. The molecular formula is C14H28N2. The third-order valence-corrected chi connectivity index (χ3v) is 4.18. The average molecular weight is 224 g/mol. The molecule has 1 N–H and O–H groups in total. The summed E-state index contributed by atoms with van der Waals surface area (Å²) in [6, 6.07) is 0. The lowest BCUT2D eigenvalue weighted by Crippen LogP contribution is -2.31. The Morgan fingerprint density at radius 1 is 1.00 bits per heavy atom. The van der Waals surface area contributed by atoms with Gasteiger partial charge < -0.3 is 10.2 Å². The Hall–Kier alpha value is -0.0800. The number of piperidine rings is 2. The maximum atomic E-state index is 3.51. The molecule has 0 spiro atoms. The number of hydrogen-bond acceptors (Lipinski definition) is 2. The van der Waals surface area contributed by atoms with Crippen LogP contribution in [-0.4, -0.2) is 37.6 Å². The van der Waals surface area contributed by atoms with Crippen molar-refractivity contribution in [3.63, 3.8) is 0 Å². The second-order valence-electron chi connectivity index (χ2n) is 5.61. The van der Waals surface area contributed by atoms with Crippen LogP contribution in [-0.2, 0) is 0 Å². The normalized spacial score (nSPS) is 28.1. The van der Waals surface area contributed by atoms with Crippen LogP contribution in [0.15, 0.2) is 0 Å². The van der Waals surface area contributed by atoms with Gasteiger partial charge in [-0.25, -0.2) is 0 Å². The minimum Gasteiger partial charge on any atom is -0.316 e. The fraction of sp³-hybridized carbons (Fsp3) is 1.00. The van der Waals surface area contributed by atoms with Gasteiger partial charge in [0.2, 0.25) is 0 Å². The van der Waals surface area contributed by atoms with E-state index >= 15 is 0 Å². The van der Waals surface area contributed by atoms with Gasteiger partial charge in [-0.15, -0.1) is 0 Å². The van der Waals surface area contributed by atoms with Crippen LogP contribution in [0.2, 0.25) is 0 Å². The lowest BCUT2D eigenvalue weighted by molar-refractivity contribution is 0.221. The zero-order valence-electron chi connectivity index (χ0n) is 10.7. The molecule has 2 aliphatic rings. The predicted molar refractivity (Wildman–Crippen MR) is 69.7 cm³/mol. The summed E-state index contributed by atoms with van der Waals surface area (Å²) < 4.78 is 0. The van der Waals surface area contributed by atoms with Crippen LogP contribution in [0.1, 0.15) is 51.4 Å². The van der Waals surface area contributed by atoms with Crippen LogP contribution in [0.25, 0.3) is 0 Å². The Morgan fingerprint density at radius 3 is 2.62 bits per heavy atom. The average Bonchev–Trinajstić information content (AvgIpc) is 2.37. The van der Waals surface area contributed by atoms with E-state index in [1.54, 1.807) is 0 Å². The maximum Gasteiger partial charge on any atom is -0.00187 e. The quantitative estimate of drug-likeness (QED) is 0.722. The first-order valence-corrected chi connectivity index (χ1v) is 7.38. The smallest absolute Gasteiger partial charge is 0.00187 e. The first-order chi connectivity index (χ1) is 7.95. The van der Waals surface area contributed by atoms with Crippen molar-refractivity contribution >= 4 is 0 Å². The van der Waals surface area contributed by atoms with E-state index < -0.39 is 0 Å². The highest BCUT2D eigenvalue weighted by atomic mass is 15.1. The molecule has 0 aromatic heterocycles. The van der Waals surface area contributed by atoms with Crippen molar-refractivity contribution in [3.8, 4) is 0 Å². The molecule has 2 aliphatic heterocycles. The first-order valence-electron chi connectivity index (χ1n) is 7.38. The Bertz CT molecular complexity index is 150. The zero-order chi connectivity index (χ0) is 11.1. The van der Waals surface area contributed by atoms with Gasteiger partial charge in [-0.3, -0.25) is 0 Å². The van der Waals surface area contributed by atoms with Crippen molar-refractivity contribution in [3.05, 3.63) is 0 Å². The molecule has 2 rings (SSSR count). The van der Waals surface area contributed by atoms with Crippen LogP contribution in [0.4, 0.5) is 0 Å². The van der Waals surface area contributed by atoms with Gasteiger partial charge in [-0.1, -0.05) is 12.8 Å². The van der Waals surface area contributed by atoms with Crippen molar-refractivity contribution < 1.29 is 0 Å². The molecule has 1 unspecified atom stereocenters. The summed E-state index contributed by atoms with van der Waals surface area (Å²) in [7, 11) is 0. The first kappa shape index (κ1) is 12.4. The Labute approximate surface area is 101 Å². The van der Waals surface area contributed by atoms with E-state index in [1.807, 2.05) is 0 Å². The number of unbranched alkanes of at least 4 members (excludes halogenated alkanes) is 1. The summed E-state index contributed by atoms with van der Waals surface area (Å²) in [6.07, 6.45) is 11.5. The maximum absolute atomic E-state index is 3.51. The number of nitrogens with one attached hydrogen (secondary N) is 1. The molecule has 2 saturated heterocycles. The van der Waals surface area contributed by atoms with Crippen molar-refractivity contribution in [1.29, 1.82) is 0 Å². The summed E-state index contributed by atoms with van der Waals surface area (Å²) in [5.74, 6) is 0.982. The molecular weight excluding hydrogens is 196 g/mol. The fourth-order valence-electron chi connectivity index (χ4n) is 3.12. The largest absolute Gasteiger partial charge is 0.316 e. The highest BCUT2D eigenvalue weighted by Crippen LogP contribution is 2.17. The molecule has 0 aromatic rings. The van der Waals surface area contributed by atoms with Crippen LogP contribution in [0.3, 0.4) is 0 Å². The van der Waals surface area contributed by atoms with Crippen LogP contribution in [0, 0.1) is 5.92 Å². The Balaban J connectivity index is 1.47. The molecule has 0 aliphatic carbocycles. The molecule has 0 amide bonds. The van der Waals surface area contributed by atoms with Crippen molar-refractivity contribution in [1.82, 2.24) is 10.2 Å². The molecule has 2 fully saturated rings. The van der Waals surface area contributed by atoms with E-state index in [0.717, 1.165) is 5.92 Å². The van der Waals surface area contributed by atoms with Gasteiger partial charge in [0.1, 0.15) is 0 Å². The van der Waals surface area contributed by atoms with Crippen LogP contribution in [0.5, 0.6) is 0 Å². The van der Waals surface area contributed by atoms with Gasteiger partial charge in [-0.05, 0) is 77.2 Å². The van der Waals surface area contributed by atoms with Crippen molar-refractivity contribution in [2.45, 2.75) is 51.4 Å². The summed E-state index contributed by atoms with van der Waals surface area (Å²) in [6.45, 7) is 6.63. The Kier molecular flexibility index (Phi) is 5.64. The van der Waals surface area contributed by atoms with E-state index in [1.165, 1.54) is 84.1 Å². The summed E-state index contributed by atoms with van der Waals surface area (Å²) in [5, 5.41) is 3.51. The van der Waals surface area contributed by atoms with Crippen LogP contribution < -0.4 is 5.32 Å². The van der Waals surface area contributed by atoms with Gasteiger partial charge in [0.05, 0.1) is 0 Å². The predicted octanol–water partition coefficient (Wildman–Crippen LogP) is 2.64. The fourth-order valence-corrected chi connectivity index (χ4v) is 3.12. The second-order valence-corrected chi connectivity index (χ2v) is 5.61. The van der Waals surface area contributed by atoms with E-state index in [9.17, 15) is 0 Å². The minimum absolute atomic E-state index is 0.982. The molecule has 0 bridgehead atoms. The molecule has 1 atom stereocenters. The van der Waals surface area contributed by atoms with Gasteiger partial charge in [0.25, 0.3) is 0 Å². The third kappa shape index (κ3) is 4.42.